The van der Waals surface area contributed by atoms with Crippen LogP contribution in [0.15, 0.2) is 12.1 Å². The molecule has 0 aromatic heterocycles. The van der Waals surface area contributed by atoms with E-state index in [1.807, 2.05) is 6.92 Å². The van der Waals surface area contributed by atoms with Crippen LogP contribution in [0.25, 0.3) is 0 Å². The van der Waals surface area contributed by atoms with Crippen LogP contribution < -0.4 is 9.47 Å². The first-order chi connectivity index (χ1) is 7.52. The van der Waals surface area contributed by atoms with Crippen molar-refractivity contribution < 1.29 is 19.4 Å². The van der Waals surface area contributed by atoms with Crippen molar-refractivity contribution in [3.05, 3.63) is 23.3 Å². The molecule has 0 fully saturated rings. The average molecular weight is 224 g/mol. The Kier molecular flexibility index (Phi) is 3.77. The van der Waals surface area contributed by atoms with Crippen LogP contribution in [0, 0.1) is 6.92 Å². The first kappa shape index (κ1) is 12.4. The summed E-state index contributed by atoms with van der Waals surface area (Å²) in [6, 6.07) is 3.48. The van der Waals surface area contributed by atoms with Gasteiger partial charge in [-0.15, -0.1) is 0 Å². The number of hydrogen-bond donors (Lipinski definition) is 1. The molecule has 4 heteroatoms. The number of benzene rings is 1. The first-order valence-corrected chi connectivity index (χ1v) is 4.97. The minimum Gasteiger partial charge on any atom is -0.493 e. The molecule has 0 aliphatic rings. The third-order valence-corrected chi connectivity index (χ3v) is 2.67. The monoisotopic (exact) mass is 224 g/mol. The molecule has 4 nitrogen and oxygen atoms in total. The van der Waals surface area contributed by atoms with Crippen LogP contribution in [0.5, 0.6) is 11.5 Å². The molecule has 0 heterocycles. The first-order valence-electron chi connectivity index (χ1n) is 4.97. The second-order valence-corrected chi connectivity index (χ2v) is 3.58. The molecule has 88 valence electrons. The van der Waals surface area contributed by atoms with E-state index in [1.165, 1.54) is 0 Å². The zero-order chi connectivity index (χ0) is 12.3. The number of methoxy groups -OCH3 is 2. The molecule has 1 aromatic rings. The Balaban J connectivity index is 3.29. The molecule has 0 amide bonds. The summed E-state index contributed by atoms with van der Waals surface area (Å²) in [5.74, 6) is -0.204. The lowest BCUT2D eigenvalue weighted by Gasteiger charge is -2.16. The van der Waals surface area contributed by atoms with Crippen LogP contribution in [0.3, 0.4) is 0 Å². The summed E-state index contributed by atoms with van der Waals surface area (Å²) < 4.78 is 10.4. The maximum atomic E-state index is 10.9. The Morgan fingerprint density at radius 1 is 1.31 bits per heavy atom. The van der Waals surface area contributed by atoms with Crippen molar-refractivity contribution in [2.75, 3.05) is 14.2 Å². The molecule has 0 aliphatic heterocycles. The van der Waals surface area contributed by atoms with E-state index in [4.69, 9.17) is 14.6 Å². The Labute approximate surface area is 94.8 Å². The summed E-state index contributed by atoms with van der Waals surface area (Å²) in [5, 5.41) is 8.98. The van der Waals surface area contributed by atoms with E-state index in [2.05, 4.69) is 0 Å². The summed E-state index contributed by atoms with van der Waals surface area (Å²) in [7, 11) is 3.09. The molecule has 0 spiro atoms. The summed E-state index contributed by atoms with van der Waals surface area (Å²) in [6.07, 6.45) is 0. The Hall–Kier alpha value is -1.71. The van der Waals surface area contributed by atoms with Gasteiger partial charge in [-0.2, -0.15) is 0 Å². The number of carboxylic acids is 1. The van der Waals surface area contributed by atoms with E-state index < -0.39 is 11.9 Å². The van der Waals surface area contributed by atoms with Gasteiger partial charge in [0.1, 0.15) is 0 Å². The third kappa shape index (κ3) is 2.10. The van der Waals surface area contributed by atoms with Crippen molar-refractivity contribution in [2.45, 2.75) is 19.8 Å². The molecule has 1 aromatic carbocycles. The van der Waals surface area contributed by atoms with Crippen molar-refractivity contribution in [1.82, 2.24) is 0 Å². The van der Waals surface area contributed by atoms with Crippen molar-refractivity contribution in [3.63, 3.8) is 0 Å². The van der Waals surface area contributed by atoms with Gasteiger partial charge in [-0.1, -0.05) is 6.07 Å². The third-order valence-electron chi connectivity index (χ3n) is 2.67. The Morgan fingerprint density at radius 2 is 1.94 bits per heavy atom. The van der Waals surface area contributed by atoms with Crippen LogP contribution in [0.4, 0.5) is 0 Å². The average Bonchev–Trinajstić information content (AvgIpc) is 2.27. The minimum atomic E-state index is -0.852. The number of carboxylic acid groups (broad SMARTS) is 1. The van der Waals surface area contributed by atoms with E-state index in [1.54, 1.807) is 33.3 Å². The molecule has 0 saturated heterocycles. The predicted molar refractivity (Wildman–Crippen MR) is 60.3 cm³/mol. The fourth-order valence-electron chi connectivity index (χ4n) is 1.70. The van der Waals surface area contributed by atoms with Gasteiger partial charge in [-0.25, -0.2) is 0 Å². The Morgan fingerprint density at radius 3 is 2.38 bits per heavy atom. The largest absolute Gasteiger partial charge is 0.493 e. The van der Waals surface area contributed by atoms with Gasteiger partial charge in [0.2, 0.25) is 0 Å². The van der Waals surface area contributed by atoms with Crippen molar-refractivity contribution >= 4 is 5.97 Å². The zero-order valence-corrected chi connectivity index (χ0v) is 9.90. The van der Waals surface area contributed by atoms with Crippen LogP contribution >= 0.6 is 0 Å². The molecule has 1 unspecified atom stereocenters. The Bertz CT molecular complexity index is 398. The normalized spacial score (nSPS) is 12.0. The quantitative estimate of drug-likeness (QED) is 0.851. The standard InChI is InChI=1S/C12H16O4/c1-7-9(8(2)12(13)14)5-6-10(15-3)11(7)16-4/h5-6,8H,1-4H3,(H,13,14). The van der Waals surface area contributed by atoms with Crippen molar-refractivity contribution in [1.29, 1.82) is 0 Å². The summed E-state index contributed by atoms with van der Waals surface area (Å²) in [5.41, 5.74) is 1.54. The van der Waals surface area contributed by atoms with Gasteiger partial charge in [0.15, 0.2) is 11.5 Å². The van der Waals surface area contributed by atoms with E-state index in [0.29, 0.717) is 11.5 Å². The molecule has 1 N–H and O–H groups in total. The minimum absolute atomic E-state index is 0.556. The van der Waals surface area contributed by atoms with E-state index in [-0.39, 0.29) is 0 Å². The second kappa shape index (κ2) is 4.88. The van der Waals surface area contributed by atoms with Gasteiger partial charge in [0.25, 0.3) is 0 Å². The number of ether oxygens (including phenoxy) is 2. The number of aliphatic carboxylic acids is 1. The van der Waals surface area contributed by atoms with Crippen molar-refractivity contribution in [2.24, 2.45) is 0 Å². The summed E-state index contributed by atoms with van der Waals surface area (Å²) >= 11 is 0. The molecule has 0 bridgehead atoms. The van der Waals surface area contributed by atoms with Crippen LogP contribution in [-0.4, -0.2) is 25.3 Å². The lowest BCUT2D eigenvalue weighted by molar-refractivity contribution is -0.138. The van der Waals surface area contributed by atoms with E-state index >= 15 is 0 Å². The summed E-state index contributed by atoms with van der Waals surface area (Å²) in [6.45, 7) is 3.48. The lowest BCUT2D eigenvalue weighted by Crippen LogP contribution is -2.09. The molecule has 1 atom stereocenters. The maximum Gasteiger partial charge on any atom is 0.310 e. The van der Waals surface area contributed by atoms with Crippen LogP contribution in [0.2, 0.25) is 0 Å². The smallest absolute Gasteiger partial charge is 0.310 e. The molecule has 1 rings (SSSR count). The predicted octanol–water partition coefficient (Wildman–Crippen LogP) is 2.20. The van der Waals surface area contributed by atoms with Gasteiger partial charge < -0.3 is 14.6 Å². The van der Waals surface area contributed by atoms with E-state index in [9.17, 15) is 4.79 Å². The van der Waals surface area contributed by atoms with Gasteiger partial charge >= 0.3 is 5.97 Å². The van der Waals surface area contributed by atoms with Gasteiger partial charge in [-0.05, 0) is 31.0 Å². The highest BCUT2D eigenvalue weighted by atomic mass is 16.5. The maximum absolute atomic E-state index is 10.9. The molecular formula is C12H16O4. The molecule has 0 aliphatic carbocycles. The number of hydrogen-bond acceptors (Lipinski definition) is 3. The lowest BCUT2D eigenvalue weighted by atomic mass is 9.95. The fraction of sp³-hybridized carbons (Fsp3) is 0.417. The second-order valence-electron chi connectivity index (χ2n) is 3.58. The highest BCUT2D eigenvalue weighted by molar-refractivity contribution is 5.76. The fourth-order valence-corrected chi connectivity index (χ4v) is 1.70. The SMILES string of the molecule is COc1ccc(C(C)C(=O)O)c(C)c1OC. The van der Waals surface area contributed by atoms with Gasteiger partial charge in [0.05, 0.1) is 20.1 Å². The number of rotatable bonds is 4. The molecule has 16 heavy (non-hydrogen) atoms. The van der Waals surface area contributed by atoms with Gasteiger partial charge in [-0.3, -0.25) is 4.79 Å². The highest BCUT2D eigenvalue weighted by Crippen LogP contribution is 2.35. The van der Waals surface area contributed by atoms with E-state index in [0.717, 1.165) is 11.1 Å². The van der Waals surface area contributed by atoms with Crippen LogP contribution in [-0.2, 0) is 4.79 Å². The zero-order valence-electron chi connectivity index (χ0n) is 9.90. The van der Waals surface area contributed by atoms with Crippen molar-refractivity contribution in [3.8, 4) is 11.5 Å². The number of carbonyl (C=O) groups is 1. The van der Waals surface area contributed by atoms with Gasteiger partial charge in [0, 0.05) is 0 Å². The molecular weight excluding hydrogens is 208 g/mol. The highest BCUT2D eigenvalue weighted by Gasteiger charge is 2.19. The topological polar surface area (TPSA) is 55.8 Å². The molecule has 0 radical (unpaired) electrons. The van der Waals surface area contributed by atoms with Crippen LogP contribution in [0.1, 0.15) is 24.0 Å². The molecule has 0 saturated carbocycles. The summed E-state index contributed by atoms with van der Waals surface area (Å²) in [4.78, 5) is 10.9.